The van der Waals surface area contributed by atoms with Crippen LogP contribution in [0.4, 0.5) is 0 Å². The predicted molar refractivity (Wildman–Crippen MR) is 82.4 cm³/mol. The topological polar surface area (TPSA) is 46.6 Å². The first-order chi connectivity index (χ1) is 9.65. The van der Waals surface area contributed by atoms with E-state index in [9.17, 15) is 9.59 Å². The number of fused-ring (bicyclic) bond motifs is 1. The molecule has 0 spiro atoms. The van der Waals surface area contributed by atoms with Crippen molar-refractivity contribution in [3.63, 3.8) is 0 Å². The molecule has 0 aromatic carbocycles. The van der Waals surface area contributed by atoms with Crippen molar-refractivity contribution in [3.05, 3.63) is 21.4 Å². The maximum Gasteiger partial charge on any atom is 0.325 e. The number of thioether (sulfide) groups is 1. The second kappa shape index (κ2) is 7.13. The first kappa shape index (κ1) is 15.4. The molecule has 0 unspecified atom stereocenters. The lowest BCUT2D eigenvalue weighted by Crippen LogP contribution is -2.36. The number of ether oxygens (including phenoxy) is 1. The Morgan fingerprint density at radius 1 is 1.45 bits per heavy atom. The maximum atomic E-state index is 12.5. The highest BCUT2D eigenvalue weighted by molar-refractivity contribution is 7.98. The molecule has 0 N–H and O–H groups in total. The van der Waals surface area contributed by atoms with Crippen molar-refractivity contribution in [1.82, 2.24) is 4.90 Å². The van der Waals surface area contributed by atoms with Crippen LogP contribution in [0.2, 0.25) is 0 Å². The van der Waals surface area contributed by atoms with Crippen molar-refractivity contribution < 1.29 is 14.3 Å². The Morgan fingerprint density at radius 3 is 2.90 bits per heavy atom. The summed E-state index contributed by atoms with van der Waals surface area (Å²) in [4.78, 5) is 27.6. The monoisotopic (exact) mass is 313 g/mol. The number of rotatable bonds is 5. The van der Waals surface area contributed by atoms with Gasteiger partial charge in [0.25, 0.3) is 5.91 Å². The molecule has 2 rings (SSSR count). The Morgan fingerprint density at radius 2 is 2.25 bits per heavy atom. The second-order valence-electron chi connectivity index (χ2n) is 4.66. The smallest absolute Gasteiger partial charge is 0.325 e. The zero-order valence-corrected chi connectivity index (χ0v) is 13.4. The molecule has 0 saturated carbocycles. The van der Waals surface area contributed by atoms with Crippen molar-refractivity contribution >= 4 is 35.0 Å². The molecular formula is C14H19NO3S2. The number of hydrogen-bond acceptors (Lipinski definition) is 5. The molecule has 110 valence electrons. The van der Waals surface area contributed by atoms with Crippen LogP contribution in [0.3, 0.4) is 0 Å². The first-order valence-corrected chi connectivity index (χ1v) is 8.68. The molecule has 1 aliphatic heterocycles. The summed E-state index contributed by atoms with van der Waals surface area (Å²) in [5, 5.41) is 0. The number of thiophene rings is 1. The van der Waals surface area contributed by atoms with E-state index in [1.54, 1.807) is 16.2 Å². The molecule has 1 amide bonds. The van der Waals surface area contributed by atoms with Gasteiger partial charge < -0.3 is 9.64 Å². The predicted octanol–water partition coefficient (Wildman–Crippen LogP) is 2.56. The number of nitrogens with zero attached hydrogens (tertiary/aromatic N) is 1. The van der Waals surface area contributed by atoms with E-state index in [2.05, 4.69) is 4.74 Å². The SMILES string of the molecule is CCCN(CC(=O)OC)C(=O)c1cc2c(s1)CCSC2. The molecule has 0 radical (unpaired) electrons. The van der Waals surface area contributed by atoms with Crippen molar-refractivity contribution in [1.29, 1.82) is 0 Å². The van der Waals surface area contributed by atoms with Crippen LogP contribution in [0, 0.1) is 0 Å². The molecule has 0 fully saturated rings. The summed E-state index contributed by atoms with van der Waals surface area (Å²) in [6.45, 7) is 2.60. The number of carbonyl (C=O) groups excluding carboxylic acids is 2. The van der Waals surface area contributed by atoms with Gasteiger partial charge in [-0.05, 0) is 30.2 Å². The van der Waals surface area contributed by atoms with Gasteiger partial charge in [-0.3, -0.25) is 9.59 Å². The largest absolute Gasteiger partial charge is 0.468 e. The van der Waals surface area contributed by atoms with E-state index >= 15 is 0 Å². The van der Waals surface area contributed by atoms with E-state index in [1.165, 1.54) is 17.6 Å². The Balaban J connectivity index is 2.13. The molecule has 0 atom stereocenters. The van der Waals surface area contributed by atoms with E-state index < -0.39 is 0 Å². The Hall–Kier alpha value is -1.01. The van der Waals surface area contributed by atoms with Crippen LogP contribution >= 0.6 is 23.1 Å². The third-order valence-electron chi connectivity index (χ3n) is 3.17. The molecular weight excluding hydrogens is 294 g/mol. The Bertz CT molecular complexity index is 475. The van der Waals surface area contributed by atoms with Crippen LogP contribution in [0.25, 0.3) is 0 Å². The van der Waals surface area contributed by atoms with Gasteiger partial charge >= 0.3 is 5.97 Å². The van der Waals surface area contributed by atoms with Gasteiger partial charge in [0, 0.05) is 17.2 Å². The van der Waals surface area contributed by atoms with Crippen LogP contribution in [-0.2, 0) is 21.7 Å². The summed E-state index contributed by atoms with van der Waals surface area (Å²) in [6, 6.07) is 1.99. The lowest BCUT2D eigenvalue weighted by Gasteiger charge is -2.19. The highest BCUT2D eigenvalue weighted by atomic mass is 32.2. The van der Waals surface area contributed by atoms with Crippen LogP contribution in [0.1, 0.15) is 33.5 Å². The van der Waals surface area contributed by atoms with Gasteiger partial charge in [-0.2, -0.15) is 11.8 Å². The molecule has 1 aliphatic rings. The number of carbonyl (C=O) groups is 2. The van der Waals surface area contributed by atoms with E-state index in [0.717, 1.165) is 29.2 Å². The summed E-state index contributed by atoms with van der Waals surface area (Å²) in [5.41, 5.74) is 1.28. The number of aryl methyl sites for hydroxylation is 1. The molecule has 4 nitrogen and oxygen atoms in total. The summed E-state index contributed by atoms with van der Waals surface area (Å²) in [5.74, 6) is 1.69. The lowest BCUT2D eigenvalue weighted by atomic mass is 10.2. The van der Waals surface area contributed by atoms with Gasteiger partial charge in [-0.1, -0.05) is 6.92 Å². The molecule has 6 heteroatoms. The minimum absolute atomic E-state index is 0.0283. The molecule has 1 aromatic heterocycles. The summed E-state index contributed by atoms with van der Waals surface area (Å²) in [6.07, 6.45) is 1.87. The van der Waals surface area contributed by atoms with Crippen LogP contribution in [-0.4, -0.2) is 42.7 Å². The van der Waals surface area contributed by atoms with Crippen LogP contribution in [0.5, 0.6) is 0 Å². The third-order valence-corrected chi connectivity index (χ3v) is 5.40. The van der Waals surface area contributed by atoms with Crippen molar-refractivity contribution in [2.24, 2.45) is 0 Å². The molecule has 20 heavy (non-hydrogen) atoms. The van der Waals surface area contributed by atoms with Crippen molar-refractivity contribution in [3.8, 4) is 0 Å². The number of hydrogen-bond donors (Lipinski definition) is 0. The fourth-order valence-electron chi connectivity index (χ4n) is 2.15. The Kier molecular flexibility index (Phi) is 5.48. The van der Waals surface area contributed by atoms with E-state index in [0.29, 0.717) is 6.54 Å². The third kappa shape index (κ3) is 3.55. The Labute approximate surface area is 127 Å². The highest BCUT2D eigenvalue weighted by Crippen LogP contribution is 2.32. The minimum Gasteiger partial charge on any atom is -0.468 e. The number of esters is 1. The average molecular weight is 313 g/mol. The van der Waals surface area contributed by atoms with Gasteiger partial charge in [-0.25, -0.2) is 0 Å². The standard InChI is InChI=1S/C14H19NO3S2/c1-3-5-15(8-13(16)18-2)14(17)12-7-10-9-19-6-4-11(10)20-12/h7H,3-6,8-9H2,1-2H3. The van der Waals surface area contributed by atoms with Crippen LogP contribution in [0.15, 0.2) is 6.07 Å². The quantitative estimate of drug-likeness (QED) is 0.784. The zero-order valence-electron chi connectivity index (χ0n) is 11.8. The van der Waals surface area contributed by atoms with E-state index in [4.69, 9.17) is 0 Å². The molecule has 2 heterocycles. The van der Waals surface area contributed by atoms with Gasteiger partial charge in [0.2, 0.25) is 0 Å². The molecule has 1 aromatic rings. The zero-order chi connectivity index (χ0) is 14.5. The van der Waals surface area contributed by atoms with Crippen molar-refractivity contribution in [2.45, 2.75) is 25.5 Å². The normalized spacial score (nSPS) is 13.7. The van der Waals surface area contributed by atoms with Gasteiger partial charge in [-0.15, -0.1) is 11.3 Å². The average Bonchev–Trinajstić information content (AvgIpc) is 2.89. The highest BCUT2D eigenvalue weighted by Gasteiger charge is 2.23. The van der Waals surface area contributed by atoms with Crippen LogP contribution < -0.4 is 0 Å². The van der Waals surface area contributed by atoms with Crippen molar-refractivity contribution in [2.75, 3.05) is 26.0 Å². The molecule has 0 aliphatic carbocycles. The van der Waals surface area contributed by atoms with Gasteiger partial charge in [0.05, 0.1) is 12.0 Å². The second-order valence-corrected chi connectivity index (χ2v) is 6.91. The lowest BCUT2D eigenvalue weighted by molar-refractivity contribution is -0.141. The van der Waals surface area contributed by atoms with E-state index in [-0.39, 0.29) is 18.4 Å². The summed E-state index contributed by atoms with van der Waals surface area (Å²) >= 11 is 3.48. The summed E-state index contributed by atoms with van der Waals surface area (Å²) < 4.78 is 4.66. The first-order valence-electron chi connectivity index (χ1n) is 6.71. The summed E-state index contributed by atoms with van der Waals surface area (Å²) in [7, 11) is 1.35. The molecule has 0 saturated heterocycles. The number of amides is 1. The minimum atomic E-state index is -0.372. The fraction of sp³-hybridized carbons (Fsp3) is 0.571. The molecule has 0 bridgehead atoms. The number of methoxy groups -OCH3 is 1. The maximum absolute atomic E-state index is 12.5. The van der Waals surface area contributed by atoms with Gasteiger partial charge in [0.1, 0.15) is 6.54 Å². The van der Waals surface area contributed by atoms with Gasteiger partial charge in [0.15, 0.2) is 0 Å². The van der Waals surface area contributed by atoms with E-state index in [1.807, 2.05) is 24.8 Å². The fourth-order valence-corrected chi connectivity index (χ4v) is 4.49.